The van der Waals surface area contributed by atoms with Crippen LogP contribution in [-0.2, 0) is 19.5 Å². The topological polar surface area (TPSA) is 180 Å². The Morgan fingerprint density at radius 3 is 2.60 bits per heavy atom. The minimum absolute atomic E-state index is 0.108. The number of hydrogen-bond acceptors (Lipinski definition) is 11. The maximum atomic E-state index is 12.5. The molecule has 1 unspecified atom stereocenters. The first kappa shape index (κ1) is 22.6. The Kier molecular flexibility index (Phi) is 6.45. The second-order valence-electron chi connectivity index (χ2n) is 8.52. The summed E-state index contributed by atoms with van der Waals surface area (Å²) < 4.78 is 13.3. The van der Waals surface area contributed by atoms with Gasteiger partial charge in [-0.2, -0.15) is 9.97 Å². The number of hydrogen-bond donors (Lipinski definition) is 1. The number of aryl methyl sites for hydroxylation is 1. The molecule has 0 aromatic carbocycles. The molecule has 15 nitrogen and oxygen atoms in total. The average Bonchev–Trinajstić information content (AvgIpc) is 3.65. The summed E-state index contributed by atoms with van der Waals surface area (Å²) in [5.41, 5.74) is 1.12. The van der Waals surface area contributed by atoms with Gasteiger partial charge in [-0.05, 0) is 19.8 Å². The Hall–Kier alpha value is -4.17. The molecule has 5 rings (SSSR count). The fourth-order valence-electron chi connectivity index (χ4n) is 4.45. The number of amides is 1. The quantitative estimate of drug-likeness (QED) is 0.364. The minimum atomic E-state index is -0.998. The molecule has 15 heteroatoms. The molecule has 1 saturated carbocycles. The standard InChI is InChI=1S/C20H25N11O4/c1-13-23-19(35-26-13)11-30-9-16(25-28-30)17(31(20(32)33)15-5-3-2-4-6-15)7-14-8-29(27-24-14)10-18-21-12-22-34-18/h8-9,12,15,17H,2-7,10-11H2,1H3,(H,32,33). The number of rotatable bonds is 9. The largest absolute Gasteiger partial charge is 0.465 e. The zero-order chi connectivity index (χ0) is 24.2. The molecule has 4 aromatic heterocycles. The van der Waals surface area contributed by atoms with E-state index in [1.54, 1.807) is 28.7 Å². The molecular weight excluding hydrogens is 458 g/mol. The van der Waals surface area contributed by atoms with Crippen LogP contribution < -0.4 is 0 Å². The van der Waals surface area contributed by atoms with Crippen molar-refractivity contribution in [2.45, 2.75) is 70.6 Å². The average molecular weight is 483 g/mol. The van der Waals surface area contributed by atoms with Crippen molar-refractivity contribution >= 4 is 6.09 Å². The van der Waals surface area contributed by atoms with E-state index in [0.29, 0.717) is 29.0 Å². The first-order valence-electron chi connectivity index (χ1n) is 11.4. The summed E-state index contributed by atoms with van der Waals surface area (Å²) in [4.78, 5) is 22.2. The predicted octanol–water partition coefficient (Wildman–Crippen LogP) is 1.64. The molecule has 35 heavy (non-hydrogen) atoms. The van der Waals surface area contributed by atoms with E-state index < -0.39 is 12.1 Å². The monoisotopic (exact) mass is 483 g/mol. The van der Waals surface area contributed by atoms with Gasteiger partial charge in [0.05, 0.1) is 17.9 Å². The molecule has 4 heterocycles. The highest BCUT2D eigenvalue weighted by molar-refractivity contribution is 5.66. The van der Waals surface area contributed by atoms with Crippen molar-refractivity contribution in [1.82, 2.24) is 55.2 Å². The summed E-state index contributed by atoms with van der Waals surface area (Å²) >= 11 is 0. The summed E-state index contributed by atoms with van der Waals surface area (Å²) in [6.45, 7) is 2.23. The van der Waals surface area contributed by atoms with Crippen molar-refractivity contribution in [2.75, 3.05) is 0 Å². The van der Waals surface area contributed by atoms with Gasteiger partial charge in [0.2, 0.25) is 11.8 Å². The van der Waals surface area contributed by atoms with Crippen molar-refractivity contribution in [2.24, 2.45) is 0 Å². The molecule has 184 valence electrons. The van der Waals surface area contributed by atoms with E-state index in [2.05, 4.69) is 40.9 Å². The highest BCUT2D eigenvalue weighted by atomic mass is 16.5. The molecule has 1 amide bonds. The molecule has 0 spiro atoms. The van der Waals surface area contributed by atoms with Crippen LogP contribution in [-0.4, -0.2) is 72.4 Å². The van der Waals surface area contributed by atoms with E-state index in [1.165, 1.54) is 11.2 Å². The minimum Gasteiger partial charge on any atom is -0.465 e. The second-order valence-corrected chi connectivity index (χ2v) is 8.52. The summed E-state index contributed by atoms with van der Waals surface area (Å²) in [6, 6.07) is -0.703. The smallest absolute Gasteiger partial charge is 0.408 e. The fraction of sp³-hybridized carbons (Fsp3) is 0.550. The number of aromatic nitrogens is 10. The van der Waals surface area contributed by atoms with Gasteiger partial charge < -0.3 is 14.2 Å². The van der Waals surface area contributed by atoms with Crippen LogP contribution in [0, 0.1) is 6.92 Å². The first-order valence-corrected chi connectivity index (χ1v) is 11.4. The van der Waals surface area contributed by atoms with E-state index in [1.807, 2.05) is 0 Å². The number of carboxylic acid groups (broad SMARTS) is 1. The SMILES string of the molecule is Cc1noc(Cn2cc(C(Cc3cn(Cc4ncno4)nn3)N(C(=O)O)C3CCCCC3)nn2)n1. The molecule has 0 radical (unpaired) electrons. The lowest BCUT2D eigenvalue weighted by Gasteiger charge is -2.37. The van der Waals surface area contributed by atoms with Gasteiger partial charge in [-0.25, -0.2) is 14.2 Å². The van der Waals surface area contributed by atoms with E-state index >= 15 is 0 Å². The Bertz CT molecular complexity index is 1240. The normalized spacial score (nSPS) is 15.3. The van der Waals surface area contributed by atoms with Crippen molar-refractivity contribution in [3.63, 3.8) is 0 Å². The Morgan fingerprint density at radius 1 is 1.11 bits per heavy atom. The van der Waals surface area contributed by atoms with Crippen molar-refractivity contribution < 1.29 is 18.9 Å². The van der Waals surface area contributed by atoms with E-state index in [0.717, 1.165) is 32.1 Å². The van der Waals surface area contributed by atoms with Crippen LogP contribution in [0.1, 0.15) is 67.1 Å². The molecule has 0 saturated heterocycles. The van der Waals surface area contributed by atoms with Crippen molar-refractivity contribution in [1.29, 1.82) is 0 Å². The van der Waals surface area contributed by atoms with Crippen LogP contribution in [0.15, 0.2) is 27.8 Å². The van der Waals surface area contributed by atoms with Crippen LogP contribution in [0.5, 0.6) is 0 Å². The zero-order valence-corrected chi connectivity index (χ0v) is 19.1. The fourth-order valence-corrected chi connectivity index (χ4v) is 4.45. The van der Waals surface area contributed by atoms with Crippen LogP contribution in [0.2, 0.25) is 0 Å². The van der Waals surface area contributed by atoms with Crippen molar-refractivity contribution in [3.8, 4) is 0 Å². The molecule has 0 bridgehead atoms. The Labute approximate surface area is 199 Å². The van der Waals surface area contributed by atoms with Gasteiger partial charge in [-0.3, -0.25) is 4.90 Å². The number of carbonyl (C=O) groups is 1. The highest BCUT2D eigenvalue weighted by Crippen LogP contribution is 2.32. The molecule has 1 N–H and O–H groups in total. The van der Waals surface area contributed by atoms with Crippen LogP contribution in [0.4, 0.5) is 4.79 Å². The maximum absolute atomic E-state index is 12.5. The third-order valence-corrected chi connectivity index (χ3v) is 5.98. The molecule has 4 aromatic rings. The summed E-state index contributed by atoms with van der Waals surface area (Å²) in [5.74, 6) is 1.31. The Morgan fingerprint density at radius 2 is 1.89 bits per heavy atom. The number of nitrogens with zero attached hydrogens (tertiary/aromatic N) is 11. The van der Waals surface area contributed by atoms with E-state index in [-0.39, 0.29) is 25.6 Å². The van der Waals surface area contributed by atoms with Gasteiger partial charge in [0, 0.05) is 18.7 Å². The Balaban J connectivity index is 1.41. The van der Waals surface area contributed by atoms with E-state index in [4.69, 9.17) is 9.05 Å². The molecule has 1 aliphatic rings. The van der Waals surface area contributed by atoms with Gasteiger partial charge in [-0.1, -0.05) is 40.0 Å². The first-order chi connectivity index (χ1) is 17.0. The lowest BCUT2D eigenvalue weighted by molar-refractivity contribution is 0.0814. The van der Waals surface area contributed by atoms with Crippen LogP contribution in [0.3, 0.4) is 0 Å². The second kappa shape index (κ2) is 9.99. The summed E-state index contributed by atoms with van der Waals surface area (Å²) in [6.07, 6.45) is 8.76. The zero-order valence-electron chi connectivity index (χ0n) is 19.1. The predicted molar refractivity (Wildman–Crippen MR) is 115 cm³/mol. The molecule has 1 atom stereocenters. The molecule has 0 aliphatic heterocycles. The highest BCUT2D eigenvalue weighted by Gasteiger charge is 2.35. The summed E-state index contributed by atoms with van der Waals surface area (Å²) in [7, 11) is 0. The van der Waals surface area contributed by atoms with Gasteiger partial charge in [0.25, 0.3) is 0 Å². The maximum Gasteiger partial charge on any atom is 0.408 e. The van der Waals surface area contributed by atoms with Gasteiger partial charge in [0.1, 0.15) is 18.8 Å². The third kappa shape index (κ3) is 5.33. The lowest BCUT2D eigenvalue weighted by atomic mass is 9.92. The van der Waals surface area contributed by atoms with Gasteiger partial charge >= 0.3 is 6.09 Å². The van der Waals surface area contributed by atoms with Gasteiger partial charge in [0.15, 0.2) is 12.2 Å². The molecule has 1 fully saturated rings. The lowest BCUT2D eigenvalue weighted by Crippen LogP contribution is -2.44. The van der Waals surface area contributed by atoms with Crippen LogP contribution >= 0.6 is 0 Å². The van der Waals surface area contributed by atoms with E-state index in [9.17, 15) is 9.90 Å². The molecule has 1 aliphatic carbocycles. The van der Waals surface area contributed by atoms with Gasteiger partial charge in [-0.15, -0.1) is 10.2 Å². The summed E-state index contributed by atoms with van der Waals surface area (Å²) in [5, 5.41) is 34.5. The van der Waals surface area contributed by atoms with Crippen LogP contribution in [0.25, 0.3) is 0 Å². The molecular formula is C20H25N11O4. The third-order valence-electron chi connectivity index (χ3n) is 5.98. The van der Waals surface area contributed by atoms with Crippen molar-refractivity contribution in [3.05, 3.63) is 47.7 Å².